The topological polar surface area (TPSA) is 230 Å². The molecule has 3 amide bonds. The zero-order valence-electron chi connectivity index (χ0n) is 40.6. The van der Waals surface area contributed by atoms with Gasteiger partial charge in [0.1, 0.15) is 40.3 Å². The number of amides is 3. The van der Waals surface area contributed by atoms with Crippen molar-refractivity contribution in [1.82, 2.24) is 24.8 Å². The Bertz CT molecular complexity index is 3010. The average Bonchev–Trinajstić information content (AvgIpc) is 3.42. The number of carbonyl (C=O) groups excluding carboxylic acids is 3. The Morgan fingerprint density at radius 2 is 1.27 bits per heavy atom. The Morgan fingerprint density at radius 3 is 1.84 bits per heavy atom. The highest BCUT2D eigenvalue weighted by molar-refractivity contribution is 6.31. The fourth-order valence-corrected chi connectivity index (χ4v) is 7.64. The van der Waals surface area contributed by atoms with Gasteiger partial charge in [-0.05, 0) is 66.7 Å². The van der Waals surface area contributed by atoms with Crippen molar-refractivity contribution < 1.29 is 51.6 Å². The number of aliphatic hydroxyl groups excluding tert-OH is 1. The number of halogens is 4. The number of methoxy groups -OCH3 is 2. The van der Waals surface area contributed by atoms with Gasteiger partial charge in [-0.25, -0.2) is 9.97 Å². The van der Waals surface area contributed by atoms with Gasteiger partial charge in [0, 0.05) is 92.1 Å². The monoisotopic (exact) mass is 1050 g/mol. The lowest BCUT2D eigenvalue weighted by Gasteiger charge is -2.36. The van der Waals surface area contributed by atoms with Crippen LogP contribution in [0.3, 0.4) is 0 Å². The number of ether oxygens (including phenoxy) is 4. The first-order valence-corrected chi connectivity index (χ1v) is 23.4. The second-order valence-corrected chi connectivity index (χ2v) is 16.6. The summed E-state index contributed by atoms with van der Waals surface area (Å²) in [4.78, 5) is 57.4. The van der Waals surface area contributed by atoms with Crippen molar-refractivity contribution in [1.29, 1.82) is 0 Å². The van der Waals surface area contributed by atoms with Gasteiger partial charge in [0.25, 0.3) is 0 Å². The quantitative estimate of drug-likeness (QED) is 0.0471. The number of anilines is 10. The molecule has 6 aromatic rings. The van der Waals surface area contributed by atoms with Gasteiger partial charge in [-0.1, -0.05) is 36.9 Å². The molecule has 2 aliphatic rings. The predicted molar refractivity (Wildman–Crippen MR) is 279 cm³/mol. The summed E-state index contributed by atoms with van der Waals surface area (Å²) in [5.41, 5.74) is 3.13. The van der Waals surface area contributed by atoms with E-state index in [9.17, 15) is 27.6 Å². The van der Waals surface area contributed by atoms with Crippen molar-refractivity contribution in [3.8, 4) is 23.1 Å². The second-order valence-electron chi connectivity index (χ2n) is 16.2. The number of aliphatic hydroxyl groups is 1. The minimum absolute atomic E-state index is 0.0657. The van der Waals surface area contributed by atoms with E-state index in [2.05, 4.69) is 69.5 Å². The SMILES string of the molecule is C=CC(=O)Nc1cccc(Nc2nc(Nc3ccc(N4CCOCC4)cc3OC)ncc2C(F)(F)F)c1.C=CC(=O)Nc1cccc(Oc2nc(Nc3ccc(N4CCN(C(=O)CO)CC4)cc3OC)ncc2Cl)c1. The number of hydrogen-bond donors (Lipinski definition) is 6. The first-order chi connectivity index (χ1) is 36.2. The number of alkyl halides is 3. The Hall–Kier alpha value is -8.67. The summed E-state index contributed by atoms with van der Waals surface area (Å²) in [6, 6.07) is 24.1. The molecule has 2 aromatic heterocycles. The van der Waals surface area contributed by atoms with E-state index in [0.29, 0.717) is 85.6 Å². The van der Waals surface area contributed by atoms with Gasteiger partial charge in [0.15, 0.2) is 0 Å². The highest BCUT2D eigenvalue weighted by Gasteiger charge is 2.35. The predicted octanol–water partition coefficient (Wildman–Crippen LogP) is 8.39. The van der Waals surface area contributed by atoms with Gasteiger partial charge in [0.05, 0.1) is 45.0 Å². The fraction of sp³-hybridized carbons (Fsp3) is 0.235. The Labute approximate surface area is 434 Å². The molecule has 0 unspecified atom stereocenters. The van der Waals surface area contributed by atoms with Crippen LogP contribution in [0.5, 0.6) is 23.1 Å². The molecule has 20 nitrogen and oxygen atoms in total. The van der Waals surface area contributed by atoms with Gasteiger partial charge >= 0.3 is 6.18 Å². The van der Waals surface area contributed by atoms with Crippen LogP contribution in [0.4, 0.5) is 70.7 Å². The minimum atomic E-state index is -4.70. The largest absolute Gasteiger partial charge is 0.494 e. The van der Waals surface area contributed by atoms with E-state index in [1.54, 1.807) is 60.5 Å². The minimum Gasteiger partial charge on any atom is -0.494 e. The molecule has 0 bridgehead atoms. The van der Waals surface area contributed by atoms with E-state index in [1.165, 1.54) is 25.4 Å². The molecule has 0 radical (unpaired) electrons. The molecule has 2 fully saturated rings. The molecule has 2 aliphatic heterocycles. The molecule has 0 atom stereocenters. The lowest BCUT2D eigenvalue weighted by molar-refractivity contribution is -0.137. The van der Waals surface area contributed by atoms with Crippen LogP contribution in [0.2, 0.25) is 5.02 Å². The zero-order valence-corrected chi connectivity index (χ0v) is 41.4. The molecule has 24 heteroatoms. The number of morpholine rings is 1. The smallest absolute Gasteiger partial charge is 0.421 e. The summed E-state index contributed by atoms with van der Waals surface area (Å²) >= 11 is 6.27. The molecular weight excluding hydrogens is 1000 g/mol. The van der Waals surface area contributed by atoms with Crippen molar-refractivity contribution in [2.45, 2.75) is 6.18 Å². The number of carbonyl (C=O) groups is 3. The molecule has 392 valence electrons. The van der Waals surface area contributed by atoms with E-state index in [4.69, 9.17) is 35.7 Å². The van der Waals surface area contributed by atoms with Crippen molar-refractivity contribution in [2.75, 3.05) is 110 Å². The van der Waals surface area contributed by atoms with E-state index >= 15 is 0 Å². The van der Waals surface area contributed by atoms with E-state index in [-0.39, 0.29) is 40.3 Å². The summed E-state index contributed by atoms with van der Waals surface area (Å²) in [6.07, 6.45) is -0.312. The first-order valence-electron chi connectivity index (χ1n) is 23.0. The summed E-state index contributed by atoms with van der Waals surface area (Å²) in [5, 5.41) is 23.3. The van der Waals surface area contributed by atoms with Gasteiger partial charge in [-0.3, -0.25) is 14.4 Å². The van der Waals surface area contributed by atoms with Crippen LogP contribution in [0.1, 0.15) is 5.56 Å². The maximum absolute atomic E-state index is 13.7. The van der Waals surface area contributed by atoms with Gasteiger partial charge in [-0.2, -0.15) is 23.1 Å². The molecular formula is C51H52ClF3N12O8. The number of nitrogens with zero attached hydrogens (tertiary/aromatic N) is 7. The lowest BCUT2D eigenvalue weighted by Crippen LogP contribution is -2.49. The third kappa shape index (κ3) is 14.7. The third-order valence-electron chi connectivity index (χ3n) is 11.3. The number of rotatable bonds is 17. The molecule has 4 heterocycles. The molecule has 2 saturated heterocycles. The molecule has 6 N–H and O–H groups in total. The lowest BCUT2D eigenvalue weighted by atomic mass is 10.2. The van der Waals surface area contributed by atoms with Crippen LogP contribution in [-0.2, 0) is 25.3 Å². The van der Waals surface area contributed by atoms with E-state index < -0.39 is 30.1 Å². The standard InChI is InChI=1S/C26H27ClN6O5.C25H25F3N6O3/c1-3-23(35)29-17-5-4-6-19(13-17)38-25-20(27)15-28-26(31-25)30-21-8-7-18(14-22(21)37-2)32-9-11-33(12-10-32)24(36)16-34;1-3-22(35)30-16-5-4-6-17(13-16)31-23-19(25(26,27)28)15-29-24(33-23)32-20-8-7-18(14-21(20)36-2)34-9-11-37-12-10-34/h3-8,13-15,34H,1,9-12,16H2,2H3,(H,29,35)(H,28,30,31);3-8,13-15H,1,9-12H2,2H3,(H,30,35)(H2,29,31,32,33). The third-order valence-corrected chi connectivity index (χ3v) is 11.5. The van der Waals surface area contributed by atoms with Crippen LogP contribution in [0.25, 0.3) is 0 Å². The maximum Gasteiger partial charge on any atom is 0.421 e. The van der Waals surface area contributed by atoms with Crippen LogP contribution < -0.4 is 50.6 Å². The Morgan fingerprint density at radius 1 is 0.720 bits per heavy atom. The van der Waals surface area contributed by atoms with Gasteiger partial charge < -0.3 is 65.3 Å². The van der Waals surface area contributed by atoms with Crippen molar-refractivity contribution >= 4 is 86.8 Å². The molecule has 0 saturated carbocycles. The van der Waals surface area contributed by atoms with Crippen molar-refractivity contribution in [3.63, 3.8) is 0 Å². The van der Waals surface area contributed by atoms with Crippen molar-refractivity contribution in [3.05, 3.63) is 133 Å². The fourth-order valence-electron chi connectivity index (χ4n) is 7.51. The summed E-state index contributed by atoms with van der Waals surface area (Å²) in [6.45, 7) is 11.4. The average molecular weight is 1050 g/mol. The first kappa shape index (κ1) is 54.1. The highest BCUT2D eigenvalue weighted by atomic mass is 35.5. The Kier molecular flexibility index (Phi) is 18.3. The van der Waals surface area contributed by atoms with E-state index in [1.807, 2.05) is 30.3 Å². The molecule has 8 rings (SSSR count). The Balaban J connectivity index is 0.000000219. The maximum atomic E-state index is 13.7. The number of benzene rings is 4. The molecule has 0 aliphatic carbocycles. The summed E-state index contributed by atoms with van der Waals surface area (Å²) < 4.78 is 63.4. The number of aromatic nitrogens is 4. The van der Waals surface area contributed by atoms with Crippen LogP contribution in [0, 0.1) is 0 Å². The highest BCUT2D eigenvalue weighted by Crippen LogP contribution is 2.38. The van der Waals surface area contributed by atoms with Gasteiger partial charge in [-0.15, -0.1) is 0 Å². The normalized spacial score (nSPS) is 13.3. The number of nitrogens with one attached hydrogen (secondary N) is 5. The summed E-state index contributed by atoms with van der Waals surface area (Å²) in [5.74, 6) is 0.259. The zero-order chi connectivity index (χ0) is 53.5. The summed E-state index contributed by atoms with van der Waals surface area (Å²) in [7, 11) is 3.07. The van der Waals surface area contributed by atoms with Crippen LogP contribution >= 0.6 is 11.6 Å². The molecule has 0 spiro atoms. The number of hydrogen-bond acceptors (Lipinski definition) is 17. The number of piperazine rings is 1. The van der Waals surface area contributed by atoms with E-state index in [0.717, 1.165) is 30.5 Å². The van der Waals surface area contributed by atoms with Gasteiger partial charge in [0.2, 0.25) is 35.5 Å². The second kappa shape index (κ2) is 25.3. The molecule has 75 heavy (non-hydrogen) atoms. The van der Waals surface area contributed by atoms with Crippen LogP contribution in [-0.4, -0.2) is 121 Å². The van der Waals surface area contributed by atoms with Crippen LogP contribution in [0.15, 0.2) is 123 Å². The molecule has 4 aromatic carbocycles. The van der Waals surface area contributed by atoms with Crippen molar-refractivity contribution in [2.24, 2.45) is 0 Å².